The summed E-state index contributed by atoms with van der Waals surface area (Å²) in [7, 11) is 0. The maximum absolute atomic E-state index is 13.0. The molecule has 2 aliphatic rings. The Balaban J connectivity index is 1.45. The minimum absolute atomic E-state index is 0.163. The van der Waals surface area contributed by atoms with Crippen molar-refractivity contribution in [1.29, 1.82) is 0 Å². The molecule has 3 aromatic rings. The van der Waals surface area contributed by atoms with Crippen molar-refractivity contribution in [2.24, 2.45) is 0 Å². The van der Waals surface area contributed by atoms with E-state index in [0.29, 0.717) is 25.2 Å². The number of hydrogen-bond acceptors (Lipinski definition) is 3. The third kappa shape index (κ3) is 2.52. The lowest BCUT2D eigenvalue weighted by Crippen LogP contribution is -2.40. The molecular weight excluding hydrogens is 340 g/mol. The normalized spacial score (nSPS) is 18.6. The molecule has 6 heteroatoms. The zero-order valence-corrected chi connectivity index (χ0v) is 14.7. The van der Waals surface area contributed by atoms with E-state index >= 15 is 0 Å². The van der Waals surface area contributed by atoms with E-state index in [1.54, 1.807) is 17.0 Å². The lowest BCUT2D eigenvalue weighted by Gasteiger charge is -2.27. The Hall–Kier alpha value is -3.41. The number of carbonyl (C=O) groups excluding carboxylic acids is 2. The molecule has 0 radical (unpaired) electrons. The topological polar surface area (TPSA) is 58.4 Å². The van der Waals surface area contributed by atoms with Crippen LogP contribution in [0.1, 0.15) is 17.0 Å². The highest BCUT2D eigenvalue weighted by Gasteiger charge is 2.48. The molecule has 1 unspecified atom stereocenters. The van der Waals surface area contributed by atoms with Crippen LogP contribution in [0.2, 0.25) is 0 Å². The fourth-order valence-electron chi connectivity index (χ4n) is 3.91. The number of imide groups is 1. The van der Waals surface area contributed by atoms with Gasteiger partial charge in [-0.05, 0) is 17.7 Å². The van der Waals surface area contributed by atoms with Crippen LogP contribution in [0.5, 0.6) is 0 Å². The molecule has 3 amide bonds. The van der Waals surface area contributed by atoms with E-state index < -0.39 is 6.04 Å². The largest absolute Gasteiger partial charge is 0.332 e. The van der Waals surface area contributed by atoms with Crippen molar-refractivity contribution in [3.05, 3.63) is 83.9 Å². The van der Waals surface area contributed by atoms with Gasteiger partial charge < -0.3 is 9.47 Å². The van der Waals surface area contributed by atoms with Crippen molar-refractivity contribution in [3.8, 4) is 0 Å². The molecule has 0 aliphatic carbocycles. The molecule has 1 fully saturated rings. The van der Waals surface area contributed by atoms with E-state index in [4.69, 9.17) is 0 Å². The number of fused-ring (bicyclic) bond motifs is 2. The zero-order chi connectivity index (χ0) is 18.4. The van der Waals surface area contributed by atoms with E-state index in [0.717, 1.165) is 11.4 Å². The summed E-state index contributed by atoms with van der Waals surface area (Å²) >= 11 is 0. The zero-order valence-electron chi connectivity index (χ0n) is 14.7. The van der Waals surface area contributed by atoms with Crippen LogP contribution in [0.15, 0.2) is 67.0 Å². The third-order valence-electron chi connectivity index (χ3n) is 5.27. The molecule has 5 rings (SSSR count). The number of rotatable bonds is 3. The molecule has 27 heavy (non-hydrogen) atoms. The van der Waals surface area contributed by atoms with Crippen LogP contribution in [0, 0.1) is 0 Å². The Kier molecular flexibility index (Phi) is 3.57. The minimum Gasteiger partial charge on any atom is -0.330 e. The van der Waals surface area contributed by atoms with E-state index in [-0.39, 0.29) is 11.9 Å². The Morgan fingerprint density at radius 1 is 0.963 bits per heavy atom. The number of urea groups is 1. The van der Waals surface area contributed by atoms with Crippen LogP contribution in [0.4, 0.5) is 10.5 Å². The number of carbonyl (C=O) groups is 2. The average molecular weight is 358 g/mol. The second-order valence-corrected chi connectivity index (χ2v) is 6.89. The van der Waals surface area contributed by atoms with Gasteiger partial charge in [-0.3, -0.25) is 4.79 Å². The summed E-state index contributed by atoms with van der Waals surface area (Å²) in [6.45, 7) is 1.08. The van der Waals surface area contributed by atoms with Crippen molar-refractivity contribution >= 4 is 17.6 Å². The van der Waals surface area contributed by atoms with Gasteiger partial charge in [0, 0.05) is 18.7 Å². The Morgan fingerprint density at radius 2 is 1.67 bits per heavy atom. The van der Waals surface area contributed by atoms with E-state index in [9.17, 15) is 9.59 Å². The first-order valence-corrected chi connectivity index (χ1v) is 8.99. The smallest absolute Gasteiger partial charge is 0.330 e. The van der Waals surface area contributed by atoms with Gasteiger partial charge in [-0.1, -0.05) is 48.5 Å². The fraction of sp³-hybridized carbons (Fsp3) is 0.190. The van der Waals surface area contributed by atoms with Crippen molar-refractivity contribution in [1.82, 2.24) is 14.5 Å². The molecule has 2 aromatic carbocycles. The molecule has 134 valence electrons. The number of benzene rings is 2. The lowest BCUT2D eigenvalue weighted by molar-refractivity contribution is -0.120. The summed E-state index contributed by atoms with van der Waals surface area (Å²) < 4.78 is 2.09. The quantitative estimate of drug-likeness (QED) is 0.677. The summed E-state index contributed by atoms with van der Waals surface area (Å²) in [4.78, 5) is 33.3. The van der Waals surface area contributed by atoms with Crippen LogP contribution in [-0.4, -0.2) is 32.4 Å². The predicted molar refractivity (Wildman–Crippen MR) is 100 cm³/mol. The number of hydrogen-bond donors (Lipinski definition) is 0. The van der Waals surface area contributed by atoms with E-state index in [1.807, 2.05) is 42.7 Å². The average Bonchev–Trinajstić information content (AvgIpc) is 3.21. The molecule has 3 heterocycles. The van der Waals surface area contributed by atoms with Crippen molar-refractivity contribution in [2.45, 2.75) is 25.6 Å². The van der Waals surface area contributed by atoms with Gasteiger partial charge in [-0.15, -0.1) is 0 Å². The predicted octanol–water partition coefficient (Wildman–Crippen LogP) is 2.82. The summed E-state index contributed by atoms with van der Waals surface area (Å²) in [6, 6.07) is 18.5. The highest BCUT2D eigenvalue weighted by atomic mass is 16.2. The van der Waals surface area contributed by atoms with Gasteiger partial charge in [0.05, 0.1) is 24.3 Å². The first-order chi connectivity index (χ1) is 13.2. The first kappa shape index (κ1) is 15.8. The first-order valence-electron chi connectivity index (χ1n) is 8.99. The fourth-order valence-corrected chi connectivity index (χ4v) is 3.91. The van der Waals surface area contributed by atoms with Crippen LogP contribution in [0.25, 0.3) is 0 Å². The number of imidazole rings is 1. The van der Waals surface area contributed by atoms with Gasteiger partial charge >= 0.3 is 6.03 Å². The van der Waals surface area contributed by atoms with Gasteiger partial charge in [0.15, 0.2) is 0 Å². The molecular formula is C21H18N4O2. The summed E-state index contributed by atoms with van der Waals surface area (Å²) in [6.07, 6.45) is 2.31. The highest BCUT2D eigenvalue weighted by molar-refractivity contribution is 6.21. The molecule has 6 nitrogen and oxygen atoms in total. The molecule has 2 aliphatic heterocycles. The number of aromatic nitrogens is 2. The molecule has 1 saturated heterocycles. The second-order valence-electron chi connectivity index (χ2n) is 6.89. The SMILES string of the molecule is O=C1C2Cc3c(ncn3Cc3ccccc3)CN2C(=O)N1c1ccccc1. The van der Waals surface area contributed by atoms with Gasteiger partial charge in [0.1, 0.15) is 6.04 Å². The number of nitrogens with zero attached hydrogens (tertiary/aromatic N) is 4. The number of amides is 3. The number of para-hydroxylation sites is 1. The Morgan fingerprint density at radius 3 is 2.41 bits per heavy atom. The standard InChI is InChI=1S/C21H18N4O2/c26-20-19-11-18-17(22-14-23(18)12-15-7-3-1-4-8-15)13-24(19)21(27)25(20)16-9-5-2-6-10-16/h1-10,14,19H,11-13H2. The summed E-state index contributed by atoms with van der Waals surface area (Å²) in [5.74, 6) is -0.163. The third-order valence-corrected chi connectivity index (χ3v) is 5.27. The monoisotopic (exact) mass is 358 g/mol. The lowest BCUT2D eigenvalue weighted by atomic mass is 10.0. The van der Waals surface area contributed by atoms with Gasteiger partial charge in [0.2, 0.25) is 0 Å². The van der Waals surface area contributed by atoms with E-state index in [1.165, 1.54) is 10.5 Å². The van der Waals surface area contributed by atoms with Crippen LogP contribution in [-0.2, 0) is 24.3 Å². The molecule has 0 N–H and O–H groups in total. The van der Waals surface area contributed by atoms with E-state index in [2.05, 4.69) is 21.7 Å². The van der Waals surface area contributed by atoms with Crippen LogP contribution < -0.4 is 4.90 Å². The van der Waals surface area contributed by atoms with Crippen molar-refractivity contribution < 1.29 is 9.59 Å². The maximum atomic E-state index is 13.0. The number of anilines is 1. The van der Waals surface area contributed by atoms with Crippen LogP contribution in [0.3, 0.4) is 0 Å². The van der Waals surface area contributed by atoms with Gasteiger partial charge in [0.25, 0.3) is 5.91 Å². The minimum atomic E-state index is -0.462. The Labute approximate surface area is 156 Å². The molecule has 0 bridgehead atoms. The van der Waals surface area contributed by atoms with Gasteiger partial charge in [-0.2, -0.15) is 0 Å². The van der Waals surface area contributed by atoms with Crippen LogP contribution >= 0.6 is 0 Å². The summed E-state index contributed by atoms with van der Waals surface area (Å²) in [5, 5.41) is 0. The summed E-state index contributed by atoms with van der Waals surface area (Å²) in [5.41, 5.74) is 3.71. The second kappa shape index (κ2) is 6.09. The maximum Gasteiger partial charge on any atom is 0.332 e. The molecule has 1 aromatic heterocycles. The molecule has 0 saturated carbocycles. The molecule has 1 atom stereocenters. The van der Waals surface area contributed by atoms with Crippen molar-refractivity contribution in [2.75, 3.05) is 4.90 Å². The molecule has 0 spiro atoms. The highest BCUT2D eigenvalue weighted by Crippen LogP contribution is 2.32. The Bertz CT molecular complexity index is 1010. The van der Waals surface area contributed by atoms with Gasteiger partial charge in [-0.25, -0.2) is 14.7 Å². The van der Waals surface area contributed by atoms with Crippen molar-refractivity contribution in [3.63, 3.8) is 0 Å².